The van der Waals surface area contributed by atoms with Crippen LogP contribution in [0.25, 0.3) is 0 Å². The number of likely N-dealkylation sites (tertiary alicyclic amines) is 2. The van der Waals surface area contributed by atoms with Gasteiger partial charge < -0.3 is 4.90 Å². The van der Waals surface area contributed by atoms with Crippen molar-refractivity contribution in [3.63, 3.8) is 0 Å². The van der Waals surface area contributed by atoms with Gasteiger partial charge in [0.1, 0.15) is 4.90 Å². The molecule has 0 amide bonds. The maximum Gasteiger partial charge on any atom is 0.241 e. The Balaban J connectivity index is 1.76. The van der Waals surface area contributed by atoms with E-state index in [2.05, 4.69) is 16.9 Å². The summed E-state index contributed by atoms with van der Waals surface area (Å²) in [6.07, 6.45) is 1.04. The molecule has 19 heavy (non-hydrogen) atoms. The van der Waals surface area contributed by atoms with Crippen molar-refractivity contribution < 1.29 is 8.42 Å². The maximum atomic E-state index is 12.5. The largest absolute Gasteiger partial charge is 0.341 e. The molecule has 3 heterocycles. The topological polar surface area (TPSA) is 53.0 Å². The summed E-state index contributed by atoms with van der Waals surface area (Å²) >= 11 is 0. The van der Waals surface area contributed by atoms with Crippen molar-refractivity contribution in [3.05, 3.63) is 24.3 Å². The van der Waals surface area contributed by atoms with Crippen molar-refractivity contribution in [1.29, 1.82) is 0 Å². The smallest absolute Gasteiger partial charge is 0.241 e. The fourth-order valence-electron chi connectivity index (χ4n) is 3.36. The summed E-state index contributed by atoms with van der Waals surface area (Å²) in [5.41, 5.74) is 0.577. The molecule has 2 saturated heterocycles. The van der Waals surface area contributed by atoms with E-state index in [-0.39, 0.29) is 11.2 Å². The molecule has 0 N–H and O–H groups in total. The van der Waals surface area contributed by atoms with Crippen molar-refractivity contribution in [2.45, 2.75) is 23.4 Å². The van der Waals surface area contributed by atoms with Crippen LogP contribution in [-0.4, -0.2) is 55.6 Å². The van der Waals surface area contributed by atoms with E-state index in [1.807, 2.05) is 11.0 Å². The van der Waals surface area contributed by atoms with Gasteiger partial charge in [-0.05, 0) is 25.6 Å². The monoisotopic (exact) mass is 277 g/mol. The molecule has 3 aliphatic rings. The van der Waals surface area contributed by atoms with E-state index in [9.17, 15) is 8.42 Å². The van der Waals surface area contributed by atoms with Crippen LogP contribution in [0, 0.1) is 0 Å². The van der Waals surface area contributed by atoms with Gasteiger partial charge in [-0.15, -0.1) is 0 Å². The average Bonchev–Trinajstić information content (AvgIpc) is 3.01. The number of rotatable bonds is 0. The Morgan fingerprint density at radius 1 is 1.21 bits per heavy atom. The van der Waals surface area contributed by atoms with Gasteiger partial charge in [-0.2, -0.15) is 0 Å². The Kier molecular flexibility index (Phi) is 2.15. The Morgan fingerprint density at radius 2 is 2.00 bits per heavy atom. The Bertz CT molecular complexity index is 681. The zero-order valence-electron chi connectivity index (χ0n) is 10.7. The van der Waals surface area contributed by atoms with Crippen LogP contribution < -0.4 is 0 Å². The fraction of sp³-hybridized carbons (Fsp3) is 0.462. The summed E-state index contributed by atoms with van der Waals surface area (Å²) in [5.74, 6) is 0. The first kappa shape index (κ1) is 11.4. The van der Waals surface area contributed by atoms with Crippen molar-refractivity contribution >= 4 is 20.7 Å². The van der Waals surface area contributed by atoms with Crippen LogP contribution in [0.2, 0.25) is 0 Å². The number of nitrogens with zero attached hydrogens (tertiary/aromatic N) is 3. The molecule has 1 aromatic carbocycles. The number of para-hydroxylation sites is 1. The number of aliphatic imine (C=N–C) groups is 1. The minimum Gasteiger partial charge on any atom is -0.341 e. The number of hydrogen-bond acceptors (Lipinski definition) is 5. The minimum atomic E-state index is -3.41. The normalized spacial score (nSPS) is 31.6. The van der Waals surface area contributed by atoms with Crippen molar-refractivity contribution in [3.8, 4) is 0 Å². The molecule has 0 aliphatic carbocycles. The Hall–Kier alpha value is -1.40. The van der Waals surface area contributed by atoms with Crippen LogP contribution in [0.5, 0.6) is 0 Å². The number of amidine groups is 1. The first-order chi connectivity index (χ1) is 9.07. The standard InChI is InChI=1S/C13H15N3O2S/c1-15-7-10-6-9(15)8-16(10)13-14-11-4-2-3-5-12(11)19(13,17)18/h2-5,9-10H,6-8H2,1H3/t9-,10-/m0/s1. The van der Waals surface area contributed by atoms with Crippen molar-refractivity contribution in [2.75, 3.05) is 20.1 Å². The summed E-state index contributed by atoms with van der Waals surface area (Å²) in [7, 11) is -1.31. The number of hydrogen-bond donors (Lipinski definition) is 0. The van der Waals surface area contributed by atoms with Crippen molar-refractivity contribution in [2.24, 2.45) is 4.99 Å². The van der Waals surface area contributed by atoms with E-state index in [4.69, 9.17) is 0 Å². The molecule has 6 heteroatoms. The second-order valence-corrected chi connectivity index (χ2v) is 7.31. The molecule has 2 fully saturated rings. The molecule has 0 saturated carbocycles. The van der Waals surface area contributed by atoms with Gasteiger partial charge in [-0.1, -0.05) is 12.1 Å². The number of likely N-dealkylation sites (N-methyl/N-ethyl adjacent to an activating group) is 1. The molecule has 2 atom stereocenters. The predicted octanol–water partition coefficient (Wildman–Crippen LogP) is 0.850. The third-order valence-corrected chi connectivity index (χ3v) is 6.10. The van der Waals surface area contributed by atoms with Crippen LogP contribution in [0.15, 0.2) is 34.2 Å². The highest BCUT2D eigenvalue weighted by Gasteiger charge is 2.47. The van der Waals surface area contributed by atoms with Gasteiger partial charge in [-0.25, -0.2) is 13.4 Å². The lowest BCUT2D eigenvalue weighted by Gasteiger charge is -2.32. The summed E-state index contributed by atoms with van der Waals surface area (Å²) in [6.45, 7) is 1.70. The second-order valence-electron chi connectivity index (χ2n) is 5.50. The Morgan fingerprint density at radius 3 is 2.63 bits per heavy atom. The fourth-order valence-corrected chi connectivity index (χ4v) is 4.95. The molecule has 1 aromatic rings. The summed E-state index contributed by atoms with van der Waals surface area (Å²) in [5, 5.41) is 0.259. The van der Waals surface area contributed by atoms with E-state index in [0.29, 0.717) is 16.6 Å². The van der Waals surface area contributed by atoms with E-state index >= 15 is 0 Å². The van der Waals surface area contributed by atoms with Gasteiger partial charge in [-0.3, -0.25) is 4.90 Å². The highest BCUT2D eigenvalue weighted by Crippen LogP contribution is 2.38. The molecule has 4 rings (SSSR count). The van der Waals surface area contributed by atoms with Crippen LogP contribution >= 0.6 is 0 Å². The lowest BCUT2D eigenvalue weighted by Crippen LogP contribution is -2.48. The van der Waals surface area contributed by atoms with Gasteiger partial charge in [0.15, 0.2) is 0 Å². The van der Waals surface area contributed by atoms with Crippen LogP contribution in [-0.2, 0) is 9.84 Å². The average molecular weight is 277 g/mol. The molecule has 0 unspecified atom stereocenters. The minimum absolute atomic E-state index is 0.259. The molecule has 5 nitrogen and oxygen atoms in total. The second kappa shape index (κ2) is 3.58. The molecule has 0 spiro atoms. The summed E-state index contributed by atoms with van der Waals surface area (Å²) in [4.78, 5) is 9.00. The molecule has 100 valence electrons. The number of piperazine rings is 1. The van der Waals surface area contributed by atoms with Crippen LogP contribution in [0.1, 0.15) is 6.42 Å². The van der Waals surface area contributed by atoms with Gasteiger partial charge in [0.05, 0.1) is 5.69 Å². The first-order valence-corrected chi connectivity index (χ1v) is 7.95. The number of fused-ring (bicyclic) bond motifs is 3. The van der Waals surface area contributed by atoms with E-state index < -0.39 is 9.84 Å². The third-order valence-electron chi connectivity index (χ3n) is 4.37. The summed E-state index contributed by atoms with van der Waals surface area (Å²) in [6, 6.07) is 7.73. The predicted molar refractivity (Wildman–Crippen MR) is 72.3 cm³/mol. The van der Waals surface area contributed by atoms with E-state index in [0.717, 1.165) is 19.5 Å². The van der Waals surface area contributed by atoms with Gasteiger partial charge in [0.2, 0.25) is 15.0 Å². The molecule has 0 aromatic heterocycles. The Labute approximate surface area is 112 Å². The van der Waals surface area contributed by atoms with E-state index in [1.165, 1.54) is 0 Å². The quantitative estimate of drug-likeness (QED) is 0.705. The maximum absolute atomic E-state index is 12.5. The third kappa shape index (κ3) is 1.44. The lowest BCUT2D eigenvalue weighted by molar-refractivity contribution is 0.212. The highest BCUT2D eigenvalue weighted by atomic mass is 32.2. The first-order valence-electron chi connectivity index (χ1n) is 6.47. The van der Waals surface area contributed by atoms with Crippen LogP contribution in [0.4, 0.5) is 5.69 Å². The van der Waals surface area contributed by atoms with Crippen molar-refractivity contribution in [1.82, 2.24) is 9.80 Å². The SMILES string of the molecule is CN1C[C@@H]2C[C@H]1CN2C1=Nc2ccccc2S1(=O)=O. The van der Waals surface area contributed by atoms with Crippen LogP contribution in [0.3, 0.4) is 0 Å². The number of sulfone groups is 1. The summed E-state index contributed by atoms with van der Waals surface area (Å²) < 4.78 is 25.1. The number of benzene rings is 1. The lowest BCUT2D eigenvalue weighted by atomic mass is 10.2. The van der Waals surface area contributed by atoms with Gasteiger partial charge in [0.25, 0.3) is 0 Å². The molecule has 2 bridgehead atoms. The molecular formula is C13H15N3O2S. The molecule has 0 radical (unpaired) electrons. The van der Waals surface area contributed by atoms with E-state index in [1.54, 1.807) is 18.2 Å². The zero-order chi connectivity index (χ0) is 13.2. The molecular weight excluding hydrogens is 262 g/mol. The van der Waals surface area contributed by atoms with Gasteiger partial charge >= 0.3 is 0 Å². The molecule has 3 aliphatic heterocycles. The van der Waals surface area contributed by atoms with Gasteiger partial charge in [0, 0.05) is 25.2 Å². The highest BCUT2D eigenvalue weighted by molar-refractivity contribution is 8.06. The zero-order valence-corrected chi connectivity index (χ0v) is 11.5.